The molecular weight excluding hydrogens is 178 g/mol. The van der Waals surface area contributed by atoms with Gasteiger partial charge in [0.05, 0.1) is 0 Å². The molecule has 1 saturated heterocycles. The number of rotatable bonds is 4. The second-order valence-corrected chi connectivity index (χ2v) is 3.73. The Morgan fingerprint density at radius 3 is 2.79 bits per heavy atom. The molecule has 0 saturated carbocycles. The van der Waals surface area contributed by atoms with Gasteiger partial charge in [0.1, 0.15) is 6.04 Å². The number of hydrogen-bond donors (Lipinski definition) is 2. The third-order valence-electron chi connectivity index (χ3n) is 2.52. The van der Waals surface area contributed by atoms with Gasteiger partial charge in [-0.25, -0.2) is 0 Å². The van der Waals surface area contributed by atoms with E-state index in [0.29, 0.717) is 11.9 Å². The van der Waals surface area contributed by atoms with Crippen molar-refractivity contribution >= 4 is 11.9 Å². The molecule has 0 spiro atoms. The van der Waals surface area contributed by atoms with Crippen molar-refractivity contribution in [3.8, 4) is 0 Å². The molecule has 1 rings (SSSR count). The van der Waals surface area contributed by atoms with Gasteiger partial charge in [0, 0.05) is 6.54 Å². The molecule has 2 unspecified atom stereocenters. The van der Waals surface area contributed by atoms with Gasteiger partial charge < -0.3 is 5.32 Å². The second-order valence-electron chi connectivity index (χ2n) is 3.73. The van der Waals surface area contributed by atoms with Gasteiger partial charge in [0.25, 0.3) is 0 Å². The minimum atomic E-state index is -0.101. The lowest BCUT2D eigenvalue weighted by molar-refractivity contribution is -0.121. The fourth-order valence-corrected chi connectivity index (χ4v) is 1.39. The molecule has 2 atom stereocenters. The fraction of sp³-hybridized carbons (Fsp3) is 0.800. The first-order valence-corrected chi connectivity index (χ1v) is 5.30. The van der Waals surface area contributed by atoms with E-state index in [-0.39, 0.29) is 11.9 Å². The highest BCUT2D eigenvalue weighted by Gasteiger charge is 2.31. The van der Waals surface area contributed by atoms with Crippen molar-refractivity contribution < 1.29 is 4.79 Å². The van der Waals surface area contributed by atoms with Gasteiger partial charge in [-0.2, -0.15) is 0 Å². The van der Waals surface area contributed by atoms with Crippen LogP contribution >= 0.6 is 0 Å². The summed E-state index contributed by atoms with van der Waals surface area (Å²) in [6.45, 7) is 6.98. The second kappa shape index (κ2) is 4.98. The van der Waals surface area contributed by atoms with Gasteiger partial charge in [-0.05, 0) is 12.3 Å². The Hall–Kier alpha value is -1.06. The van der Waals surface area contributed by atoms with Gasteiger partial charge in [0.15, 0.2) is 5.96 Å². The molecule has 0 radical (unpaired) electrons. The van der Waals surface area contributed by atoms with E-state index in [0.717, 1.165) is 19.4 Å². The predicted molar refractivity (Wildman–Crippen MR) is 57.1 cm³/mol. The molecule has 4 heteroatoms. The van der Waals surface area contributed by atoms with Crippen LogP contribution < -0.4 is 10.6 Å². The van der Waals surface area contributed by atoms with Gasteiger partial charge in [-0.15, -0.1) is 0 Å². The van der Waals surface area contributed by atoms with Crippen molar-refractivity contribution in [2.24, 2.45) is 10.9 Å². The summed E-state index contributed by atoms with van der Waals surface area (Å²) in [7, 11) is 0. The van der Waals surface area contributed by atoms with Crippen molar-refractivity contribution in [3.63, 3.8) is 0 Å². The van der Waals surface area contributed by atoms with E-state index < -0.39 is 0 Å². The van der Waals surface area contributed by atoms with Crippen LogP contribution in [0.3, 0.4) is 0 Å². The highest BCUT2D eigenvalue weighted by atomic mass is 16.2. The maximum Gasteiger partial charge on any atom is 0.249 e. The molecule has 0 aromatic heterocycles. The molecular formula is C10H19N3O. The maximum atomic E-state index is 11.5. The first-order chi connectivity index (χ1) is 6.69. The molecule has 1 aliphatic rings. The SMILES string of the molecule is CCCN=C1NC(=O)C(C(C)CC)N1. The summed E-state index contributed by atoms with van der Waals surface area (Å²) in [6.07, 6.45) is 1.99. The summed E-state index contributed by atoms with van der Waals surface area (Å²) in [5.41, 5.74) is 0. The summed E-state index contributed by atoms with van der Waals surface area (Å²) in [5.74, 6) is 1.04. The molecule has 2 N–H and O–H groups in total. The Morgan fingerprint density at radius 2 is 2.21 bits per heavy atom. The standard InChI is InChI=1S/C10H19N3O/c1-4-6-11-10-12-8(7(3)5-2)9(14)13-10/h7-8H,4-6H2,1-3H3,(H2,11,12,13,14). The molecule has 80 valence electrons. The molecule has 1 heterocycles. The lowest BCUT2D eigenvalue weighted by Gasteiger charge is -2.14. The largest absolute Gasteiger partial charge is 0.344 e. The number of carbonyl (C=O) groups excluding carboxylic acids is 1. The number of nitrogens with one attached hydrogen (secondary N) is 2. The van der Waals surface area contributed by atoms with Gasteiger partial charge in [0.2, 0.25) is 5.91 Å². The fourth-order valence-electron chi connectivity index (χ4n) is 1.39. The van der Waals surface area contributed by atoms with E-state index in [1.165, 1.54) is 0 Å². The minimum absolute atomic E-state index is 0.0502. The van der Waals surface area contributed by atoms with Crippen molar-refractivity contribution in [2.45, 2.75) is 39.7 Å². The molecule has 0 aromatic carbocycles. The smallest absolute Gasteiger partial charge is 0.249 e. The Labute approximate surface area is 85.2 Å². The van der Waals surface area contributed by atoms with Gasteiger partial charge >= 0.3 is 0 Å². The number of carbonyl (C=O) groups is 1. The molecule has 1 amide bonds. The first kappa shape index (κ1) is 11.0. The third-order valence-corrected chi connectivity index (χ3v) is 2.52. The average Bonchev–Trinajstić information content (AvgIpc) is 2.55. The summed E-state index contributed by atoms with van der Waals surface area (Å²) in [6, 6.07) is -0.101. The average molecular weight is 197 g/mol. The van der Waals surface area contributed by atoms with Crippen molar-refractivity contribution in [1.29, 1.82) is 0 Å². The van der Waals surface area contributed by atoms with Crippen molar-refractivity contribution in [2.75, 3.05) is 6.54 Å². The van der Waals surface area contributed by atoms with Crippen LogP contribution in [0.25, 0.3) is 0 Å². The zero-order valence-electron chi connectivity index (χ0n) is 9.13. The van der Waals surface area contributed by atoms with Crippen LogP contribution in [0.15, 0.2) is 4.99 Å². The Morgan fingerprint density at radius 1 is 1.50 bits per heavy atom. The first-order valence-electron chi connectivity index (χ1n) is 5.30. The Bertz CT molecular complexity index is 238. The van der Waals surface area contributed by atoms with Crippen LogP contribution in [0.4, 0.5) is 0 Å². The van der Waals surface area contributed by atoms with Crippen LogP contribution in [-0.2, 0) is 4.79 Å². The zero-order chi connectivity index (χ0) is 10.6. The monoisotopic (exact) mass is 197 g/mol. The van der Waals surface area contributed by atoms with E-state index in [2.05, 4.69) is 36.4 Å². The molecule has 0 aromatic rings. The third kappa shape index (κ3) is 2.47. The summed E-state index contributed by atoms with van der Waals surface area (Å²) >= 11 is 0. The molecule has 1 aliphatic heterocycles. The van der Waals surface area contributed by atoms with E-state index in [1.54, 1.807) is 0 Å². The van der Waals surface area contributed by atoms with E-state index in [9.17, 15) is 4.79 Å². The van der Waals surface area contributed by atoms with Gasteiger partial charge in [-0.3, -0.25) is 15.1 Å². The topological polar surface area (TPSA) is 53.5 Å². The molecule has 14 heavy (non-hydrogen) atoms. The lowest BCUT2D eigenvalue weighted by Crippen LogP contribution is -2.35. The Balaban J connectivity index is 2.55. The van der Waals surface area contributed by atoms with Gasteiger partial charge in [-0.1, -0.05) is 27.2 Å². The number of aliphatic imine (C=N–C) groups is 1. The molecule has 0 bridgehead atoms. The normalized spacial score (nSPS) is 26.1. The quantitative estimate of drug-likeness (QED) is 0.703. The van der Waals surface area contributed by atoms with E-state index in [1.807, 2.05) is 0 Å². The molecule has 1 fully saturated rings. The van der Waals surface area contributed by atoms with Crippen LogP contribution in [0.5, 0.6) is 0 Å². The Kier molecular flexibility index (Phi) is 3.92. The molecule has 4 nitrogen and oxygen atoms in total. The predicted octanol–water partition coefficient (Wildman–Crippen LogP) is 0.886. The summed E-state index contributed by atoms with van der Waals surface area (Å²) in [5, 5.41) is 5.87. The van der Waals surface area contributed by atoms with Crippen LogP contribution in [0.2, 0.25) is 0 Å². The highest BCUT2D eigenvalue weighted by Crippen LogP contribution is 2.10. The number of guanidine groups is 1. The van der Waals surface area contributed by atoms with Crippen LogP contribution in [0, 0.1) is 5.92 Å². The number of nitrogens with zero attached hydrogens (tertiary/aromatic N) is 1. The molecule has 0 aliphatic carbocycles. The van der Waals surface area contributed by atoms with E-state index >= 15 is 0 Å². The number of hydrogen-bond acceptors (Lipinski definition) is 2. The van der Waals surface area contributed by atoms with Crippen molar-refractivity contribution in [3.05, 3.63) is 0 Å². The summed E-state index contributed by atoms with van der Waals surface area (Å²) < 4.78 is 0. The summed E-state index contributed by atoms with van der Waals surface area (Å²) in [4.78, 5) is 15.7. The van der Waals surface area contributed by atoms with Crippen molar-refractivity contribution in [1.82, 2.24) is 10.6 Å². The van der Waals surface area contributed by atoms with Crippen LogP contribution in [0.1, 0.15) is 33.6 Å². The zero-order valence-corrected chi connectivity index (χ0v) is 9.13. The van der Waals surface area contributed by atoms with E-state index in [4.69, 9.17) is 0 Å². The number of amides is 1. The highest BCUT2D eigenvalue weighted by molar-refractivity contribution is 6.06. The minimum Gasteiger partial charge on any atom is -0.344 e. The maximum absolute atomic E-state index is 11.5. The lowest BCUT2D eigenvalue weighted by atomic mass is 10.00. The van der Waals surface area contributed by atoms with Crippen LogP contribution in [-0.4, -0.2) is 24.5 Å².